The molecule has 4 nitrogen and oxygen atoms in total. The Morgan fingerprint density at radius 1 is 1.61 bits per heavy atom. The standard InChI is InChI=1S/C14H16N2O2/c1-9-4-5-12-11(7-13(17)18)10-3-2-6-15-14(10)16(12)8-9/h2-3,6,9H,4-5,7-8H2,1H3,(H,17,18). The van der Waals surface area contributed by atoms with Gasteiger partial charge in [-0.05, 0) is 36.5 Å². The number of carboxylic acid groups (broad SMARTS) is 1. The molecule has 2 aromatic heterocycles. The Hall–Kier alpha value is -1.84. The second-order valence-electron chi connectivity index (χ2n) is 5.12. The van der Waals surface area contributed by atoms with Gasteiger partial charge >= 0.3 is 5.97 Å². The van der Waals surface area contributed by atoms with Crippen LogP contribution in [-0.4, -0.2) is 20.6 Å². The van der Waals surface area contributed by atoms with Crippen molar-refractivity contribution in [1.29, 1.82) is 0 Å². The number of rotatable bonds is 2. The predicted molar refractivity (Wildman–Crippen MR) is 68.6 cm³/mol. The highest BCUT2D eigenvalue weighted by atomic mass is 16.4. The van der Waals surface area contributed by atoms with E-state index in [0.717, 1.165) is 36.0 Å². The number of aliphatic carboxylic acids is 1. The molecule has 0 aliphatic carbocycles. The average Bonchev–Trinajstić information content (AvgIpc) is 2.64. The van der Waals surface area contributed by atoms with E-state index in [1.807, 2.05) is 12.1 Å². The first-order valence-electron chi connectivity index (χ1n) is 6.33. The van der Waals surface area contributed by atoms with Gasteiger partial charge in [0.1, 0.15) is 5.65 Å². The van der Waals surface area contributed by atoms with Gasteiger partial charge in [-0.3, -0.25) is 4.79 Å². The maximum absolute atomic E-state index is 11.0. The van der Waals surface area contributed by atoms with Gasteiger partial charge < -0.3 is 9.67 Å². The fraction of sp³-hybridized carbons (Fsp3) is 0.429. The minimum atomic E-state index is -0.771. The lowest BCUT2D eigenvalue weighted by atomic mass is 9.97. The third-order valence-corrected chi connectivity index (χ3v) is 3.74. The smallest absolute Gasteiger partial charge is 0.307 e. The van der Waals surface area contributed by atoms with Crippen molar-refractivity contribution in [3.8, 4) is 0 Å². The van der Waals surface area contributed by atoms with Gasteiger partial charge in [-0.1, -0.05) is 6.92 Å². The molecule has 0 radical (unpaired) electrons. The second kappa shape index (κ2) is 4.12. The molecule has 1 N–H and O–H groups in total. The molecule has 1 aliphatic heterocycles. The van der Waals surface area contributed by atoms with Gasteiger partial charge in [-0.15, -0.1) is 0 Å². The van der Waals surface area contributed by atoms with Crippen molar-refractivity contribution < 1.29 is 9.90 Å². The normalized spacial score (nSPS) is 18.8. The van der Waals surface area contributed by atoms with Crippen LogP contribution in [0.2, 0.25) is 0 Å². The Balaban J connectivity index is 2.24. The van der Waals surface area contributed by atoms with Crippen LogP contribution >= 0.6 is 0 Å². The summed E-state index contributed by atoms with van der Waals surface area (Å²) >= 11 is 0. The molecule has 0 aromatic carbocycles. The van der Waals surface area contributed by atoms with Crippen molar-refractivity contribution in [1.82, 2.24) is 9.55 Å². The molecule has 0 fully saturated rings. The Morgan fingerprint density at radius 2 is 2.44 bits per heavy atom. The van der Waals surface area contributed by atoms with Gasteiger partial charge in [0.2, 0.25) is 0 Å². The topological polar surface area (TPSA) is 55.1 Å². The maximum Gasteiger partial charge on any atom is 0.307 e. The zero-order chi connectivity index (χ0) is 12.7. The van der Waals surface area contributed by atoms with Crippen molar-refractivity contribution >= 4 is 17.0 Å². The zero-order valence-electron chi connectivity index (χ0n) is 10.4. The van der Waals surface area contributed by atoms with Crippen molar-refractivity contribution in [3.05, 3.63) is 29.6 Å². The molecule has 3 rings (SSSR count). The molecule has 0 saturated carbocycles. The van der Waals surface area contributed by atoms with E-state index in [1.165, 1.54) is 5.69 Å². The van der Waals surface area contributed by atoms with E-state index in [0.29, 0.717) is 5.92 Å². The van der Waals surface area contributed by atoms with E-state index in [4.69, 9.17) is 5.11 Å². The highest BCUT2D eigenvalue weighted by Gasteiger charge is 2.24. The molecule has 3 heterocycles. The van der Waals surface area contributed by atoms with Gasteiger partial charge in [-0.25, -0.2) is 4.98 Å². The maximum atomic E-state index is 11.0. The largest absolute Gasteiger partial charge is 0.481 e. The van der Waals surface area contributed by atoms with Crippen LogP contribution in [0.25, 0.3) is 11.0 Å². The zero-order valence-corrected chi connectivity index (χ0v) is 10.4. The van der Waals surface area contributed by atoms with E-state index in [1.54, 1.807) is 6.20 Å². The third-order valence-electron chi connectivity index (χ3n) is 3.74. The quantitative estimate of drug-likeness (QED) is 0.881. The molecule has 4 heteroatoms. The van der Waals surface area contributed by atoms with Crippen LogP contribution in [0.1, 0.15) is 24.6 Å². The second-order valence-corrected chi connectivity index (χ2v) is 5.12. The van der Waals surface area contributed by atoms with E-state index in [-0.39, 0.29) is 6.42 Å². The Kier molecular flexibility index (Phi) is 2.58. The molecule has 1 unspecified atom stereocenters. The fourth-order valence-corrected chi connectivity index (χ4v) is 2.91. The van der Waals surface area contributed by atoms with Gasteiger partial charge in [-0.2, -0.15) is 0 Å². The first-order chi connectivity index (χ1) is 8.66. The summed E-state index contributed by atoms with van der Waals surface area (Å²) in [5.41, 5.74) is 3.07. The monoisotopic (exact) mass is 244 g/mol. The lowest BCUT2D eigenvalue weighted by Crippen LogP contribution is -2.19. The molecule has 18 heavy (non-hydrogen) atoms. The number of pyridine rings is 1. The molecule has 0 spiro atoms. The number of hydrogen-bond donors (Lipinski definition) is 1. The predicted octanol–water partition coefficient (Wildman–Crippen LogP) is 2.25. The van der Waals surface area contributed by atoms with Crippen molar-refractivity contribution in [3.63, 3.8) is 0 Å². The minimum Gasteiger partial charge on any atom is -0.481 e. The molecule has 0 saturated heterocycles. The summed E-state index contributed by atoms with van der Waals surface area (Å²) in [5.74, 6) is -0.138. The lowest BCUT2D eigenvalue weighted by molar-refractivity contribution is -0.136. The summed E-state index contributed by atoms with van der Waals surface area (Å²) in [5, 5.41) is 10.1. The van der Waals surface area contributed by atoms with Gasteiger partial charge in [0.25, 0.3) is 0 Å². The van der Waals surface area contributed by atoms with Gasteiger partial charge in [0.15, 0.2) is 0 Å². The molecule has 0 bridgehead atoms. The van der Waals surface area contributed by atoms with Crippen molar-refractivity contribution in [2.45, 2.75) is 32.7 Å². The number of nitrogens with zero attached hydrogens (tertiary/aromatic N) is 2. The van der Waals surface area contributed by atoms with E-state index in [9.17, 15) is 4.79 Å². The average molecular weight is 244 g/mol. The van der Waals surface area contributed by atoms with Gasteiger partial charge in [0, 0.05) is 23.8 Å². The van der Waals surface area contributed by atoms with Crippen LogP contribution in [-0.2, 0) is 24.2 Å². The molecule has 0 amide bonds. The molecular weight excluding hydrogens is 228 g/mol. The number of hydrogen-bond acceptors (Lipinski definition) is 2. The summed E-state index contributed by atoms with van der Waals surface area (Å²) in [6, 6.07) is 3.86. The summed E-state index contributed by atoms with van der Waals surface area (Å²) in [4.78, 5) is 15.5. The number of fused-ring (bicyclic) bond motifs is 3. The molecule has 2 aromatic rings. The summed E-state index contributed by atoms with van der Waals surface area (Å²) < 4.78 is 2.21. The van der Waals surface area contributed by atoms with Crippen LogP contribution in [0.15, 0.2) is 18.3 Å². The fourth-order valence-electron chi connectivity index (χ4n) is 2.91. The molecular formula is C14H16N2O2. The van der Waals surface area contributed by atoms with E-state index < -0.39 is 5.97 Å². The lowest BCUT2D eigenvalue weighted by Gasteiger charge is -2.22. The minimum absolute atomic E-state index is 0.0961. The highest BCUT2D eigenvalue weighted by molar-refractivity contribution is 5.86. The van der Waals surface area contributed by atoms with Crippen LogP contribution in [0.5, 0.6) is 0 Å². The number of carbonyl (C=O) groups is 1. The number of carboxylic acids is 1. The van der Waals surface area contributed by atoms with Gasteiger partial charge in [0.05, 0.1) is 6.42 Å². The Morgan fingerprint density at radius 3 is 3.22 bits per heavy atom. The Labute approximate surface area is 105 Å². The van der Waals surface area contributed by atoms with Crippen LogP contribution < -0.4 is 0 Å². The first kappa shape index (κ1) is 11.3. The SMILES string of the molecule is CC1CCc2c(CC(=O)O)c3cccnc3n2C1. The highest BCUT2D eigenvalue weighted by Crippen LogP contribution is 2.31. The van der Waals surface area contributed by atoms with Crippen LogP contribution in [0.3, 0.4) is 0 Å². The summed E-state index contributed by atoms with van der Waals surface area (Å²) in [6.45, 7) is 3.18. The van der Waals surface area contributed by atoms with Crippen LogP contribution in [0.4, 0.5) is 0 Å². The van der Waals surface area contributed by atoms with E-state index in [2.05, 4.69) is 16.5 Å². The first-order valence-corrected chi connectivity index (χ1v) is 6.33. The summed E-state index contributed by atoms with van der Waals surface area (Å²) in [7, 11) is 0. The Bertz CT molecular complexity index is 616. The van der Waals surface area contributed by atoms with E-state index >= 15 is 0 Å². The molecule has 94 valence electrons. The number of aromatic nitrogens is 2. The van der Waals surface area contributed by atoms with Crippen molar-refractivity contribution in [2.75, 3.05) is 0 Å². The summed E-state index contributed by atoms with van der Waals surface area (Å²) in [6.07, 6.45) is 3.96. The van der Waals surface area contributed by atoms with Crippen molar-refractivity contribution in [2.24, 2.45) is 5.92 Å². The third kappa shape index (κ3) is 1.68. The molecule has 1 atom stereocenters. The van der Waals surface area contributed by atoms with Crippen LogP contribution in [0, 0.1) is 5.92 Å². The molecule has 1 aliphatic rings.